The van der Waals surface area contributed by atoms with Crippen LogP contribution in [0.2, 0.25) is 0 Å². The summed E-state index contributed by atoms with van der Waals surface area (Å²) in [4.78, 5) is 14.4. The van der Waals surface area contributed by atoms with Gasteiger partial charge in [-0.15, -0.1) is 0 Å². The van der Waals surface area contributed by atoms with Gasteiger partial charge in [-0.05, 0) is 43.3 Å². The maximum Gasteiger partial charge on any atom is 0.254 e. The van der Waals surface area contributed by atoms with Gasteiger partial charge in [0.2, 0.25) is 0 Å². The van der Waals surface area contributed by atoms with Crippen LogP contribution in [-0.4, -0.2) is 50.2 Å². The van der Waals surface area contributed by atoms with Gasteiger partial charge in [0.1, 0.15) is 6.10 Å². The summed E-state index contributed by atoms with van der Waals surface area (Å²) in [6, 6.07) is 18.2. The summed E-state index contributed by atoms with van der Waals surface area (Å²) < 4.78 is 5.54. The van der Waals surface area contributed by atoms with Gasteiger partial charge in [0.05, 0.1) is 6.61 Å². The van der Waals surface area contributed by atoms with Crippen molar-refractivity contribution < 1.29 is 9.53 Å². The van der Waals surface area contributed by atoms with Gasteiger partial charge in [-0.1, -0.05) is 30.3 Å². The Hall–Kier alpha value is -2.37. The molecule has 1 fully saturated rings. The molecule has 132 valence electrons. The number of benzene rings is 2. The van der Waals surface area contributed by atoms with Crippen molar-refractivity contribution in [1.82, 2.24) is 4.90 Å². The van der Waals surface area contributed by atoms with Crippen LogP contribution in [0.3, 0.4) is 0 Å². The Labute approximate surface area is 149 Å². The first-order chi connectivity index (χ1) is 12.2. The number of likely N-dealkylation sites (N-methyl/N-ethyl adjacent to an activating group) is 1. The number of hydrogen-bond acceptors (Lipinski definition) is 4. The van der Waals surface area contributed by atoms with Crippen LogP contribution < -0.4 is 10.6 Å². The average molecular weight is 339 g/mol. The molecule has 0 saturated carbocycles. The van der Waals surface area contributed by atoms with Gasteiger partial charge in [-0.25, -0.2) is 0 Å². The molecule has 1 aliphatic heterocycles. The molecular formula is C20H25N3O2. The van der Waals surface area contributed by atoms with Crippen molar-refractivity contribution in [2.24, 2.45) is 0 Å². The number of hydrogen-bond donors (Lipinski definition) is 2. The molecule has 5 nitrogen and oxygen atoms in total. The highest BCUT2D eigenvalue weighted by atomic mass is 16.5. The molecule has 2 aromatic rings. The normalized spacial score (nSPS) is 17.9. The standard InChI is InChI=1S/C20H25N3O2/c1-23-13-14-25-19(15-23)20(24)22-18-9-7-17(8-10-18)21-12-11-16-5-3-2-4-6-16/h2-10,19,21H,11-15H2,1H3,(H,22,24)/t19-/m0/s1. The van der Waals surface area contributed by atoms with Crippen molar-refractivity contribution in [3.8, 4) is 0 Å². The van der Waals surface area contributed by atoms with Crippen LogP contribution >= 0.6 is 0 Å². The lowest BCUT2D eigenvalue weighted by Crippen LogP contribution is -2.46. The number of nitrogens with one attached hydrogen (secondary N) is 2. The van der Waals surface area contributed by atoms with Crippen LogP contribution in [0.25, 0.3) is 0 Å². The predicted octanol–water partition coefficient (Wildman–Crippen LogP) is 2.61. The molecule has 5 heteroatoms. The summed E-state index contributed by atoms with van der Waals surface area (Å²) in [5.41, 5.74) is 3.15. The van der Waals surface area contributed by atoms with Crippen LogP contribution in [0.15, 0.2) is 54.6 Å². The number of ether oxygens (including phenoxy) is 1. The second-order valence-electron chi connectivity index (χ2n) is 6.35. The quantitative estimate of drug-likeness (QED) is 0.849. The van der Waals surface area contributed by atoms with Crippen LogP contribution in [0, 0.1) is 0 Å². The number of carbonyl (C=O) groups is 1. The number of morpholine rings is 1. The molecule has 1 aliphatic rings. The smallest absolute Gasteiger partial charge is 0.254 e. The summed E-state index contributed by atoms with van der Waals surface area (Å²) in [5.74, 6) is -0.0867. The highest BCUT2D eigenvalue weighted by Crippen LogP contribution is 2.15. The van der Waals surface area contributed by atoms with Gasteiger partial charge < -0.3 is 20.3 Å². The molecule has 25 heavy (non-hydrogen) atoms. The van der Waals surface area contributed by atoms with Crippen LogP contribution in [0.4, 0.5) is 11.4 Å². The van der Waals surface area contributed by atoms with Crippen molar-refractivity contribution in [3.63, 3.8) is 0 Å². The Morgan fingerprint density at radius 2 is 1.84 bits per heavy atom. The Bertz CT molecular complexity index is 673. The zero-order chi connectivity index (χ0) is 17.5. The molecular weight excluding hydrogens is 314 g/mol. The van der Waals surface area contributed by atoms with E-state index in [4.69, 9.17) is 4.74 Å². The van der Waals surface area contributed by atoms with E-state index < -0.39 is 6.10 Å². The number of anilines is 2. The van der Waals surface area contributed by atoms with Crippen molar-refractivity contribution in [3.05, 3.63) is 60.2 Å². The van der Waals surface area contributed by atoms with E-state index in [2.05, 4.69) is 39.8 Å². The van der Waals surface area contributed by atoms with Gasteiger partial charge in [-0.3, -0.25) is 4.79 Å². The van der Waals surface area contributed by atoms with E-state index in [1.807, 2.05) is 37.4 Å². The first kappa shape index (κ1) is 17.5. The van der Waals surface area contributed by atoms with E-state index in [-0.39, 0.29) is 5.91 Å². The summed E-state index contributed by atoms with van der Waals surface area (Å²) >= 11 is 0. The molecule has 1 saturated heterocycles. The highest BCUT2D eigenvalue weighted by molar-refractivity contribution is 5.94. The third kappa shape index (κ3) is 5.31. The molecule has 0 spiro atoms. The average Bonchev–Trinajstić information content (AvgIpc) is 2.64. The zero-order valence-electron chi connectivity index (χ0n) is 14.6. The maximum absolute atomic E-state index is 12.2. The van der Waals surface area contributed by atoms with Crippen LogP contribution in [0.1, 0.15) is 5.56 Å². The fourth-order valence-corrected chi connectivity index (χ4v) is 2.83. The van der Waals surface area contributed by atoms with Crippen molar-refractivity contribution in [1.29, 1.82) is 0 Å². The first-order valence-electron chi connectivity index (χ1n) is 8.69. The summed E-state index contributed by atoms with van der Waals surface area (Å²) in [6.07, 6.45) is 0.578. The molecule has 3 rings (SSSR count). The van der Waals surface area contributed by atoms with Crippen molar-refractivity contribution in [2.75, 3.05) is 43.9 Å². The van der Waals surface area contributed by atoms with Gasteiger partial charge in [0.25, 0.3) is 5.91 Å². The second-order valence-corrected chi connectivity index (χ2v) is 6.35. The van der Waals surface area contributed by atoms with E-state index in [0.29, 0.717) is 13.2 Å². The number of carbonyl (C=O) groups excluding carboxylic acids is 1. The second kappa shape index (κ2) is 8.65. The van der Waals surface area contributed by atoms with E-state index in [0.717, 1.165) is 30.9 Å². The molecule has 1 atom stereocenters. The molecule has 2 aromatic carbocycles. The van der Waals surface area contributed by atoms with Gasteiger partial charge in [-0.2, -0.15) is 0 Å². The minimum Gasteiger partial charge on any atom is -0.385 e. The lowest BCUT2D eigenvalue weighted by molar-refractivity contribution is -0.132. The molecule has 2 N–H and O–H groups in total. The Balaban J connectivity index is 1.46. The van der Waals surface area contributed by atoms with E-state index in [1.54, 1.807) is 0 Å². The SMILES string of the molecule is CN1CCO[C@H](C(=O)Nc2ccc(NCCc3ccccc3)cc2)C1. The number of rotatable bonds is 6. The molecule has 1 heterocycles. The van der Waals surface area contributed by atoms with Crippen molar-refractivity contribution >= 4 is 17.3 Å². The lowest BCUT2D eigenvalue weighted by Gasteiger charge is -2.29. The molecule has 1 amide bonds. The Kier molecular flexibility index (Phi) is 6.04. The van der Waals surface area contributed by atoms with Crippen LogP contribution in [0.5, 0.6) is 0 Å². The third-order valence-electron chi connectivity index (χ3n) is 4.30. The molecule has 0 radical (unpaired) electrons. The number of nitrogens with zero attached hydrogens (tertiary/aromatic N) is 1. The zero-order valence-corrected chi connectivity index (χ0v) is 14.6. The monoisotopic (exact) mass is 339 g/mol. The topological polar surface area (TPSA) is 53.6 Å². The Morgan fingerprint density at radius 1 is 1.12 bits per heavy atom. The molecule has 0 aromatic heterocycles. The molecule has 0 aliphatic carbocycles. The fraction of sp³-hybridized carbons (Fsp3) is 0.350. The summed E-state index contributed by atoms with van der Waals surface area (Å²) in [7, 11) is 2.00. The Morgan fingerprint density at radius 3 is 2.56 bits per heavy atom. The highest BCUT2D eigenvalue weighted by Gasteiger charge is 2.24. The van der Waals surface area contributed by atoms with Crippen LogP contribution in [-0.2, 0) is 16.0 Å². The number of amides is 1. The van der Waals surface area contributed by atoms with Gasteiger partial charge in [0, 0.05) is 31.0 Å². The summed E-state index contributed by atoms with van der Waals surface area (Å²) in [6.45, 7) is 2.97. The maximum atomic E-state index is 12.2. The third-order valence-corrected chi connectivity index (χ3v) is 4.30. The fourth-order valence-electron chi connectivity index (χ4n) is 2.83. The van der Waals surface area contributed by atoms with E-state index in [1.165, 1.54) is 5.56 Å². The minimum absolute atomic E-state index is 0.0867. The van der Waals surface area contributed by atoms with Gasteiger partial charge >= 0.3 is 0 Å². The summed E-state index contributed by atoms with van der Waals surface area (Å²) in [5, 5.41) is 6.32. The van der Waals surface area contributed by atoms with Crippen molar-refractivity contribution in [2.45, 2.75) is 12.5 Å². The predicted molar refractivity (Wildman–Crippen MR) is 101 cm³/mol. The van der Waals surface area contributed by atoms with Gasteiger partial charge in [0.15, 0.2) is 0 Å². The molecule has 0 bridgehead atoms. The minimum atomic E-state index is -0.401. The van der Waals surface area contributed by atoms with E-state index >= 15 is 0 Å². The molecule has 0 unspecified atom stereocenters. The first-order valence-corrected chi connectivity index (χ1v) is 8.69. The largest absolute Gasteiger partial charge is 0.385 e. The lowest BCUT2D eigenvalue weighted by atomic mass is 10.1. The van der Waals surface area contributed by atoms with E-state index in [9.17, 15) is 4.79 Å².